The summed E-state index contributed by atoms with van der Waals surface area (Å²) in [5.41, 5.74) is 2.98. The van der Waals surface area contributed by atoms with Crippen molar-refractivity contribution in [1.29, 1.82) is 0 Å². The first-order chi connectivity index (χ1) is 5.86. The molecule has 0 spiro atoms. The van der Waals surface area contributed by atoms with Crippen LogP contribution in [0, 0.1) is 6.08 Å². The van der Waals surface area contributed by atoms with Gasteiger partial charge in [-0.3, -0.25) is 0 Å². The third-order valence-corrected chi connectivity index (χ3v) is 2.28. The van der Waals surface area contributed by atoms with Crippen LogP contribution in [0.4, 0.5) is 0 Å². The minimum absolute atomic E-state index is 0. The Morgan fingerprint density at radius 1 is 1.23 bits per heavy atom. The molecule has 0 saturated carbocycles. The van der Waals surface area contributed by atoms with Crippen molar-refractivity contribution in [2.75, 3.05) is 0 Å². The fourth-order valence-electron chi connectivity index (χ4n) is 1.57. The van der Waals surface area contributed by atoms with E-state index in [4.69, 9.17) is 0 Å². The van der Waals surface area contributed by atoms with Gasteiger partial charge in [-0.25, -0.2) is 17.7 Å². The second kappa shape index (κ2) is 7.73. The van der Waals surface area contributed by atoms with Crippen molar-refractivity contribution in [3.8, 4) is 0 Å². The fraction of sp³-hybridized carbons (Fsp3) is 0.667. The van der Waals surface area contributed by atoms with Crippen LogP contribution in [0.5, 0.6) is 0 Å². The summed E-state index contributed by atoms with van der Waals surface area (Å²) in [7, 11) is 0. The largest absolute Gasteiger partial charge is 0.250 e. The molecule has 13 heavy (non-hydrogen) atoms. The molecular formula is C12H19Hf-. The molecule has 0 N–H and O–H groups in total. The summed E-state index contributed by atoms with van der Waals surface area (Å²) >= 11 is 0. The van der Waals surface area contributed by atoms with Crippen LogP contribution in [0.25, 0.3) is 0 Å². The monoisotopic (exact) mass is 343 g/mol. The summed E-state index contributed by atoms with van der Waals surface area (Å²) in [6.45, 7) is 4.48. The van der Waals surface area contributed by atoms with Crippen LogP contribution in [0.1, 0.15) is 52.4 Å². The number of allylic oxidation sites excluding steroid dienone is 4. The zero-order valence-electron chi connectivity index (χ0n) is 8.82. The molecule has 0 aromatic carbocycles. The first-order valence-electron chi connectivity index (χ1n) is 5.17. The molecule has 0 saturated heterocycles. The van der Waals surface area contributed by atoms with Gasteiger partial charge in [-0.1, -0.05) is 52.4 Å². The van der Waals surface area contributed by atoms with E-state index in [2.05, 4.69) is 26.0 Å². The predicted octanol–water partition coefficient (Wildman–Crippen LogP) is 4.03. The van der Waals surface area contributed by atoms with Crippen molar-refractivity contribution in [3.05, 3.63) is 23.3 Å². The Bertz CT molecular complexity index is 189. The van der Waals surface area contributed by atoms with Gasteiger partial charge in [0.05, 0.1) is 0 Å². The fourth-order valence-corrected chi connectivity index (χ4v) is 1.57. The molecule has 0 nitrogen and oxygen atoms in total. The van der Waals surface area contributed by atoms with Gasteiger partial charge < -0.3 is 0 Å². The Kier molecular flexibility index (Phi) is 7.93. The SMILES string of the molecule is CCCCC1=CCC(CCC)=[C-]1.[Hf]. The predicted molar refractivity (Wildman–Crippen MR) is 53.9 cm³/mol. The van der Waals surface area contributed by atoms with Gasteiger partial charge in [-0.15, -0.1) is 0 Å². The first-order valence-corrected chi connectivity index (χ1v) is 5.17. The van der Waals surface area contributed by atoms with Crippen molar-refractivity contribution in [3.63, 3.8) is 0 Å². The molecular weight excluding hydrogens is 323 g/mol. The number of hydrogen-bond acceptors (Lipinski definition) is 0. The molecule has 0 bridgehead atoms. The van der Waals surface area contributed by atoms with Crippen LogP contribution in [0.2, 0.25) is 0 Å². The van der Waals surface area contributed by atoms with Crippen molar-refractivity contribution >= 4 is 0 Å². The smallest absolute Gasteiger partial charge is 0 e. The van der Waals surface area contributed by atoms with Crippen LogP contribution in [0.3, 0.4) is 0 Å². The Hall–Kier alpha value is 0.350. The quantitative estimate of drug-likeness (QED) is 0.523. The number of hydrogen-bond donors (Lipinski definition) is 0. The van der Waals surface area contributed by atoms with E-state index in [1.807, 2.05) is 0 Å². The third kappa shape index (κ3) is 4.95. The van der Waals surface area contributed by atoms with E-state index in [1.165, 1.54) is 49.7 Å². The molecule has 1 rings (SSSR count). The molecule has 1 aliphatic rings. The maximum atomic E-state index is 3.50. The van der Waals surface area contributed by atoms with Crippen LogP contribution < -0.4 is 0 Å². The molecule has 0 heterocycles. The van der Waals surface area contributed by atoms with Crippen LogP contribution >= 0.6 is 0 Å². The standard InChI is InChI=1S/C12H19.Hf/c1-3-5-7-12-9-8-11(10-12)6-4-2;/h9H,3-8H2,1-2H3;/q-1;. The minimum Gasteiger partial charge on any atom is -0.250 e. The molecule has 72 valence electrons. The van der Waals surface area contributed by atoms with Crippen molar-refractivity contribution in [2.24, 2.45) is 0 Å². The summed E-state index contributed by atoms with van der Waals surface area (Å²) in [6, 6.07) is 0. The van der Waals surface area contributed by atoms with Gasteiger partial charge in [0.25, 0.3) is 0 Å². The Morgan fingerprint density at radius 3 is 2.62 bits per heavy atom. The van der Waals surface area contributed by atoms with E-state index in [9.17, 15) is 0 Å². The van der Waals surface area contributed by atoms with Gasteiger partial charge in [0.2, 0.25) is 0 Å². The van der Waals surface area contributed by atoms with Crippen molar-refractivity contribution in [1.82, 2.24) is 0 Å². The van der Waals surface area contributed by atoms with Crippen LogP contribution in [0.15, 0.2) is 17.2 Å². The van der Waals surface area contributed by atoms with Gasteiger partial charge in [-0.05, 0) is 0 Å². The molecule has 0 aliphatic heterocycles. The maximum absolute atomic E-state index is 3.50. The Balaban J connectivity index is 0.00000144. The summed E-state index contributed by atoms with van der Waals surface area (Å²) < 4.78 is 0. The second-order valence-corrected chi connectivity index (χ2v) is 3.52. The van der Waals surface area contributed by atoms with E-state index >= 15 is 0 Å². The zero-order chi connectivity index (χ0) is 8.81. The van der Waals surface area contributed by atoms with Crippen LogP contribution in [-0.2, 0) is 25.8 Å². The molecule has 1 heteroatoms. The van der Waals surface area contributed by atoms with Gasteiger partial charge in [0, 0.05) is 25.8 Å². The van der Waals surface area contributed by atoms with Gasteiger partial charge >= 0.3 is 0 Å². The molecule has 0 aromatic rings. The van der Waals surface area contributed by atoms with Crippen molar-refractivity contribution in [2.45, 2.75) is 52.4 Å². The molecule has 0 aromatic heterocycles. The maximum Gasteiger partial charge on any atom is 0 e. The second-order valence-electron chi connectivity index (χ2n) is 3.52. The summed E-state index contributed by atoms with van der Waals surface area (Å²) in [5.74, 6) is 0. The van der Waals surface area contributed by atoms with Crippen molar-refractivity contribution < 1.29 is 25.8 Å². The van der Waals surface area contributed by atoms with Gasteiger partial charge in [0.1, 0.15) is 0 Å². The molecule has 0 unspecified atom stereocenters. The summed E-state index contributed by atoms with van der Waals surface area (Å²) in [6.07, 6.45) is 13.4. The van der Waals surface area contributed by atoms with E-state index in [0.29, 0.717) is 0 Å². The number of unbranched alkanes of at least 4 members (excludes halogenated alkanes) is 1. The average molecular weight is 342 g/mol. The average Bonchev–Trinajstić information content (AvgIpc) is 2.50. The molecule has 0 atom stereocenters. The summed E-state index contributed by atoms with van der Waals surface area (Å²) in [4.78, 5) is 0. The van der Waals surface area contributed by atoms with E-state index in [1.54, 1.807) is 0 Å². The molecule has 0 radical (unpaired) electrons. The number of rotatable bonds is 5. The third-order valence-electron chi connectivity index (χ3n) is 2.28. The first kappa shape index (κ1) is 13.4. The minimum atomic E-state index is 0. The Labute approximate surface area is 101 Å². The van der Waals surface area contributed by atoms with Gasteiger partial charge in [-0.2, -0.15) is 5.57 Å². The summed E-state index contributed by atoms with van der Waals surface area (Å²) in [5, 5.41) is 0. The van der Waals surface area contributed by atoms with E-state index in [0.717, 1.165) is 0 Å². The Morgan fingerprint density at radius 2 is 2.00 bits per heavy atom. The topological polar surface area (TPSA) is 0 Å². The zero-order valence-corrected chi connectivity index (χ0v) is 12.4. The molecule has 1 aliphatic carbocycles. The normalized spacial score (nSPS) is 14.9. The van der Waals surface area contributed by atoms with E-state index in [-0.39, 0.29) is 25.8 Å². The molecule has 0 fully saturated rings. The molecule has 0 amide bonds. The van der Waals surface area contributed by atoms with E-state index < -0.39 is 0 Å². The van der Waals surface area contributed by atoms with Crippen LogP contribution in [-0.4, -0.2) is 0 Å². The van der Waals surface area contributed by atoms with Gasteiger partial charge in [0.15, 0.2) is 0 Å².